The summed E-state index contributed by atoms with van der Waals surface area (Å²) in [7, 11) is 0. The lowest BCUT2D eigenvalue weighted by atomic mass is 9.98. The van der Waals surface area contributed by atoms with E-state index >= 15 is 0 Å². The van der Waals surface area contributed by atoms with E-state index < -0.39 is 0 Å². The molecule has 2 aromatic carbocycles. The molecule has 0 bridgehead atoms. The minimum Gasteiger partial charge on any atom is -0.350 e. The summed E-state index contributed by atoms with van der Waals surface area (Å²) in [6.07, 6.45) is 5.80. The van der Waals surface area contributed by atoms with E-state index in [-0.39, 0.29) is 5.56 Å². The third kappa shape index (κ3) is 2.16. The van der Waals surface area contributed by atoms with E-state index in [1.807, 2.05) is 42.7 Å². The molecule has 3 nitrogen and oxygen atoms in total. The fourth-order valence-electron chi connectivity index (χ4n) is 2.96. The quantitative estimate of drug-likeness (QED) is 0.536. The van der Waals surface area contributed by atoms with E-state index in [1.165, 1.54) is 5.56 Å². The number of rotatable bonds is 2. The number of aromatic nitrogens is 2. The van der Waals surface area contributed by atoms with Crippen molar-refractivity contribution in [1.82, 2.24) is 9.55 Å². The number of halogens is 1. The highest BCUT2D eigenvalue weighted by Crippen LogP contribution is 2.29. The lowest BCUT2D eigenvalue weighted by Crippen LogP contribution is -2.06. The predicted molar refractivity (Wildman–Crippen MR) is 93.3 cm³/mol. The number of hydrogen-bond donors (Lipinski definition) is 1. The van der Waals surface area contributed by atoms with Gasteiger partial charge < -0.3 is 9.55 Å². The van der Waals surface area contributed by atoms with Crippen LogP contribution in [0.25, 0.3) is 21.5 Å². The lowest BCUT2D eigenvalue weighted by molar-refractivity contribution is 0.812. The zero-order valence-corrected chi connectivity index (χ0v) is 13.3. The van der Waals surface area contributed by atoms with Crippen molar-refractivity contribution in [3.05, 3.63) is 81.4 Å². The van der Waals surface area contributed by atoms with Gasteiger partial charge in [0.05, 0.1) is 5.39 Å². The smallest absolute Gasteiger partial charge is 0.256 e. The Labute approximate surface area is 135 Å². The summed E-state index contributed by atoms with van der Waals surface area (Å²) in [5.41, 5.74) is 1.16. The molecule has 4 heteroatoms. The highest BCUT2D eigenvalue weighted by atomic mass is 79.9. The van der Waals surface area contributed by atoms with Crippen molar-refractivity contribution in [1.29, 1.82) is 0 Å². The van der Waals surface area contributed by atoms with Gasteiger partial charge in [-0.3, -0.25) is 4.79 Å². The normalized spacial score (nSPS) is 11.3. The van der Waals surface area contributed by atoms with Crippen molar-refractivity contribution < 1.29 is 0 Å². The van der Waals surface area contributed by atoms with Crippen molar-refractivity contribution >= 4 is 37.5 Å². The molecule has 0 aliphatic carbocycles. The van der Waals surface area contributed by atoms with Crippen LogP contribution in [0.4, 0.5) is 0 Å². The molecule has 0 atom stereocenters. The SMILES string of the molecule is O=c1[nH]ccc2cc(Cn3cccc3)c3ccc(Br)cc3c12. The summed E-state index contributed by atoms with van der Waals surface area (Å²) in [6, 6.07) is 14.2. The zero-order valence-electron chi connectivity index (χ0n) is 11.7. The highest BCUT2D eigenvalue weighted by Gasteiger charge is 2.10. The highest BCUT2D eigenvalue weighted by molar-refractivity contribution is 9.10. The third-order valence-corrected chi connectivity index (χ3v) is 4.43. The van der Waals surface area contributed by atoms with Crippen LogP contribution >= 0.6 is 15.9 Å². The molecular formula is C18H13BrN2O. The van der Waals surface area contributed by atoms with Gasteiger partial charge >= 0.3 is 0 Å². The summed E-state index contributed by atoms with van der Waals surface area (Å²) >= 11 is 3.51. The first kappa shape index (κ1) is 13.3. The first-order chi connectivity index (χ1) is 10.7. The summed E-state index contributed by atoms with van der Waals surface area (Å²) in [4.78, 5) is 15.0. The van der Waals surface area contributed by atoms with Crippen LogP contribution in [0.5, 0.6) is 0 Å². The van der Waals surface area contributed by atoms with Gasteiger partial charge in [-0.2, -0.15) is 0 Å². The van der Waals surface area contributed by atoms with Crippen LogP contribution in [0.2, 0.25) is 0 Å². The van der Waals surface area contributed by atoms with E-state index in [4.69, 9.17) is 0 Å². The number of hydrogen-bond acceptors (Lipinski definition) is 1. The second kappa shape index (κ2) is 5.14. The molecule has 0 aliphatic rings. The number of nitrogens with zero attached hydrogens (tertiary/aromatic N) is 1. The number of nitrogens with one attached hydrogen (secondary N) is 1. The molecular weight excluding hydrogens is 340 g/mol. The molecule has 0 aliphatic heterocycles. The molecule has 4 rings (SSSR count). The monoisotopic (exact) mass is 352 g/mol. The standard InChI is InChI=1S/C18H13BrN2O/c19-14-3-4-15-13(11-21-7-1-2-8-21)9-12-5-6-20-18(22)17(12)16(15)10-14/h1-10H,11H2,(H,20,22). The Hall–Kier alpha value is -2.33. The van der Waals surface area contributed by atoms with Gasteiger partial charge in [-0.1, -0.05) is 22.0 Å². The maximum atomic E-state index is 12.3. The second-order valence-corrected chi connectivity index (χ2v) is 6.27. The van der Waals surface area contributed by atoms with Gasteiger partial charge in [0.2, 0.25) is 0 Å². The number of fused-ring (bicyclic) bond motifs is 3. The average molecular weight is 353 g/mol. The van der Waals surface area contributed by atoms with Gasteiger partial charge in [0.25, 0.3) is 5.56 Å². The zero-order chi connectivity index (χ0) is 15.1. The van der Waals surface area contributed by atoms with Gasteiger partial charge in [0, 0.05) is 29.6 Å². The molecule has 0 spiro atoms. The van der Waals surface area contributed by atoms with Gasteiger partial charge in [-0.25, -0.2) is 0 Å². The van der Waals surface area contributed by atoms with Crippen LogP contribution in [0.1, 0.15) is 5.56 Å². The molecule has 1 N–H and O–H groups in total. The molecule has 2 heterocycles. The Kier molecular flexibility index (Phi) is 3.12. The molecule has 0 amide bonds. The minimum absolute atomic E-state index is 0.0480. The molecule has 22 heavy (non-hydrogen) atoms. The molecule has 0 unspecified atom stereocenters. The molecule has 0 radical (unpaired) electrons. The maximum Gasteiger partial charge on any atom is 0.256 e. The third-order valence-electron chi connectivity index (χ3n) is 3.94. The van der Waals surface area contributed by atoms with Crippen molar-refractivity contribution in [3.63, 3.8) is 0 Å². The summed E-state index contributed by atoms with van der Waals surface area (Å²) in [6.45, 7) is 0.786. The molecule has 2 aromatic heterocycles. The first-order valence-corrected chi connectivity index (χ1v) is 7.85. The van der Waals surface area contributed by atoms with Crippen LogP contribution in [0.3, 0.4) is 0 Å². The number of aromatic amines is 1. The predicted octanol–water partition coefficient (Wildman–Crippen LogP) is 4.29. The first-order valence-electron chi connectivity index (χ1n) is 7.06. The van der Waals surface area contributed by atoms with Crippen LogP contribution < -0.4 is 5.56 Å². The van der Waals surface area contributed by atoms with Gasteiger partial charge in [0.1, 0.15) is 0 Å². The Bertz CT molecular complexity index is 1030. The Morgan fingerprint density at radius 3 is 2.68 bits per heavy atom. The summed E-state index contributed by atoms with van der Waals surface area (Å²) < 4.78 is 3.11. The summed E-state index contributed by atoms with van der Waals surface area (Å²) in [5, 5.41) is 3.81. The van der Waals surface area contributed by atoms with E-state index in [0.29, 0.717) is 0 Å². The van der Waals surface area contributed by atoms with Crippen LogP contribution in [0.15, 0.2) is 70.3 Å². The second-order valence-electron chi connectivity index (χ2n) is 5.35. The number of H-pyrrole nitrogens is 1. The molecule has 0 saturated carbocycles. The molecule has 0 fully saturated rings. The lowest BCUT2D eigenvalue weighted by Gasteiger charge is -2.11. The molecule has 0 saturated heterocycles. The molecule has 4 aromatic rings. The van der Waals surface area contributed by atoms with Crippen molar-refractivity contribution in [3.8, 4) is 0 Å². The van der Waals surface area contributed by atoms with E-state index in [0.717, 1.165) is 32.6 Å². The van der Waals surface area contributed by atoms with E-state index in [1.54, 1.807) is 6.20 Å². The minimum atomic E-state index is -0.0480. The molecule has 108 valence electrons. The van der Waals surface area contributed by atoms with Gasteiger partial charge in [-0.15, -0.1) is 0 Å². The van der Waals surface area contributed by atoms with Crippen LogP contribution in [-0.4, -0.2) is 9.55 Å². The van der Waals surface area contributed by atoms with Gasteiger partial charge in [0.15, 0.2) is 0 Å². The van der Waals surface area contributed by atoms with Crippen molar-refractivity contribution in [2.24, 2.45) is 0 Å². The average Bonchev–Trinajstić information content (AvgIpc) is 3.00. The van der Waals surface area contributed by atoms with Crippen LogP contribution in [-0.2, 0) is 6.54 Å². The Balaban J connectivity index is 2.09. The number of pyridine rings is 1. The Morgan fingerprint density at radius 1 is 1.05 bits per heavy atom. The van der Waals surface area contributed by atoms with Crippen molar-refractivity contribution in [2.75, 3.05) is 0 Å². The van der Waals surface area contributed by atoms with Gasteiger partial charge in [-0.05, 0) is 58.1 Å². The van der Waals surface area contributed by atoms with E-state index in [2.05, 4.69) is 37.6 Å². The summed E-state index contributed by atoms with van der Waals surface area (Å²) in [5.74, 6) is 0. The van der Waals surface area contributed by atoms with Crippen molar-refractivity contribution in [2.45, 2.75) is 6.54 Å². The van der Waals surface area contributed by atoms with E-state index in [9.17, 15) is 4.79 Å². The largest absolute Gasteiger partial charge is 0.350 e. The topological polar surface area (TPSA) is 37.8 Å². The number of benzene rings is 2. The Morgan fingerprint density at radius 2 is 1.86 bits per heavy atom. The fraction of sp³-hybridized carbons (Fsp3) is 0.0556. The maximum absolute atomic E-state index is 12.3. The van der Waals surface area contributed by atoms with Crippen LogP contribution in [0, 0.1) is 0 Å². The fourth-order valence-corrected chi connectivity index (χ4v) is 3.32.